The minimum absolute atomic E-state index is 0.169. The van der Waals surface area contributed by atoms with Crippen molar-refractivity contribution in [2.75, 3.05) is 13.1 Å². The van der Waals surface area contributed by atoms with Crippen molar-refractivity contribution in [3.8, 4) is 0 Å². The standard InChI is InChI=1S/C18H25FN2O2/c1-18(2,3)23-17(22)21-11-5-4-10-20-16-9-6-13-12-14(19)7-8-15(13)16/h4-5,7-8,12,16,20H,6,9-11H2,1-3H3,(H,21,22)/b5-4+. The van der Waals surface area contributed by atoms with Crippen LogP contribution in [0.15, 0.2) is 30.4 Å². The maximum Gasteiger partial charge on any atom is 0.407 e. The van der Waals surface area contributed by atoms with Crippen molar-refractivity contribution in [2.24, 2.45) is 0 Å². The van der Waals surface area contributed by atoms with E-state index in [1.165, 1.54) is 11.6 Å². The van der Waals surface area contributed by atoms with E-state index in [0.29, 0.717) is 13.1 Å². The van der Waals surface area contributed by atoms with Crippen LogP contribution >= 0.6 is 0 Å². The molecule has 0 aromatic heterocycles. The molecule has 1 aromatic carbocycles. The molecule has 2 rings (SSSR count). The molecule has 0 saturated heterocycles. The molecule has 1 unspecified atom stereocenters. The first kappa shape index (κ1) is 17.5. The van der Waals surface area contributed by atoms with Crippen LogP contribution in [0.25, 0.3) is 0 Å². The number of carbonyl (C=O) groups is 1. The monoisotopic (exact) mass is 320 g/mol. The number of halogens is 1. The van der Waals surface area contributed by atoms with Gasteiger partial charge in [-0.2, -0.15) is 0 Å². The highest BCUT2D eigenvalue weighted by Crippen LogP contribution is 2.31. The molecular weight excluding hydrogens is 295 g/mol. The summed E-state index contributed by atoms with van der Waals surface area (Å²) in [6.07, 6.45) is 5.34. The van der Waals surface area contributed by atoms with Crippen LogP contribution in [0.1, 0.15) is 44.4 Å². The molecule has 1 atom stereocenters. The summed E-state index contributed by atoms with van der Waals surface area (Å²) in [5.41, 5.74) is 1.80. The fourth-order valence-electron chi connectivity index (χ4n) is 2.63. The van der Waals surface area contributed by atoms with Crippen molar-refractivity contribution >= 4 is 6.09 Å². The molecular formula is C18H25FN2O2. The number of amides is 1. The number of nitrogens with one attached hydrogen (secondary N) is 2. The highest BCUT2D eigenvalue weighted by atomic mass is 19.1. The molecule has 5 heteroatoms. The molecule has 0 saturated carbocycles. The van der Waals surface area contributed by atoms with Gasteiger partial charge in [-0.3, -0.25) is 0 Å². The zero-order valence-corrected chi connectivity index (χ0v) is 14.0. The van der Waals surface area contributed by atoms with Crippen LogP contribution in [0.4, 0.5) is 9.18 Å². The lowest BCUT2D eigenvalue weighted by Gasteiger charge is -2.19. The average Bonchev–Trinajstić information content (AvgIpc) is 2.83. The van der Waals surface area contributed by atoms with Gasteiger partial charge in [0.15, 0.2) is 0 Å². The van der Waals surface area contributed by atoms with E-state index in [4.69, 9.17) is 4.74 Å². The minimum atomic E-state index is -0.481. The average molecular weight is 320 g/mol. The Morgan fingerprint density at radius 3 is 2.83 bits per heavy atom. The Balaban J connectivity index is 1.68. The van der Waals surface area contributed by atoms with Gasteiger partial charge in [0.25, 0.3) is 0 Å². The Kier molecular flexibility index (Phi) is 5.77. The van der Waals surface area contributed by atoms with Crippen molar-refractivity contribution in [3.63, 3.8) is 0 Å². The summed E-state index contributed by atoms with van der Waals surface area (Å²) in [5, 5.41) is 6.10. The summed E-state index contributed by atoms with van der Waals surface area (Å²) in [7, 11) is 0. The van der Waals surface area contributed by atoms with E-state index in [-0.39, 0.29) is 11.9 Å². The van der Waals surface area contributed by atoms with E-state index < -0.39 is 11.7 Å². The Labute approximate surface area is 137 Å². The molecule has 0 radical (unpaired) electrons. The van der Waals surface area contributed by atoms with Gasteiger partial charge in [-0.15, -0.1) is 0 Å². The minimum Gasteiger partial charge on any atom is -0.444 e. The number of fused-ring (bicyclic) bond motifs is 1. The third kappa shape index (κ3) is 5.67. The van der Waals surface area contributed by atoms with Gasteiger partial charge in [-0.1, -0.05) is 18.2 Å². The van der Waals surface area contributed by atoms with Crippen LogP contribution in [-0.4, -0.2) is 24.8 Å². The number of carbonyl (C=O) groups excluding carboxylic acids is 1. The van der Waals surface area contributed by atoms with Gasteiger partial charge in [-0.05, 0) is 56.9 Å². The molecule has 0 fully saturated rings. The summed E-state index contributed by atoms with van der Waals surface area (Å²) >= 11 is 0. The van der Waals surface area contributed by atoms with Gasteiger partial charge in [0.1, 0.15) is 11.4 Å². The zero-order valence-electron chi connectivity index (χ0n) is 14.0. The largest absolute Gasteiger partial charge is 0.444 e. The number of hydrogen-bond donors (Lipinski definition) is 2. The van der Waals surface area contributed by atoms with E-state index in [0.717, 1.165) is 18.4 Å². The smallest absolute Gasteiger partial charge is 0.407 e. The summed E-state index contributed by atoms with van der Waals surface area (Å²) in [6, 6.07) is 5.27. The number of ether oxygens (including phenoxy) is 1. The molecule has 23 heavy (non-hydrogen) atoms. The second kappa shape index (κ2) is 7.59. The number of hydrogen-bond acceptors (Lipinski definition) is 3. The van der Waals surface area contributed by atoms with Crippen LogP contribution in [0.5, 0.6) is 0 Å². The first-order valence-corrected chi connectivity index (χ1v) is 7.99. The molecule has 1 aliphatic rings. The van der Waals surface area contributed by atoms with Gasteiger partial charge >= 0.3 is 6.09 Å². The third-order valence-corrected chi connectivity index (χ3v) is 3.59. The Morgan fingerprint density at radius 2 is 2.09 bits per heavy atom. The fourth-order valence-corrected chi connectivity index (χ4v) is 2.63. The number of rotatable bonds is 5. The van der Waals surface area contributed by atoms with Crippen LogP contribution in [0.3, 0.4) is 0 Å². The second-order valence-corrected chi connectivity index (χ2v) is 6.70. The topological polar surface area (TPSA) is 50.4 Å². The van der Waals surface area contributed by atoms with Crippen molar-refractivity contribution in [1.29, 1.82) is 0 Å². The normalized spacial score (nSPS) is 17.3. The van der Waals surface area contributed by atoms with Crippen LogP contribution in [0, 0.1) is 5.82 Å². The Bertz CT molecular complexity index is 579. The van der Waals surface area contributed by atoms with Gasteiger partial charge in [0.05, 0.1) is 0 Å². The SMILES string of the molecule is CC(C)(C)OC(=O)NC/C=C/CNC1CCc2cc(F)ccc21. The zero-order chi connectivity index (χ0) is 16.9. The summed E-state index contributed by atoms with van der Waals surface area (Å²) in [6.45, 7) is 6.63. The predicted molar refractivity (Wildman–Crippen MR) is 88.8 cm³/mol. The maximum absolute atomic E-state index is 13.2. The molecule has 0 bridgehead atoms. The first-order valence-electron chi connectivity index (χ1n) is 7.99. The van der Waals surface area contributed by atoms with Gasteiger partial charge in [0, 0.05) is 19.1 Å². The predicted octanol–water partition coefficient (Wildman–Crippen LogP) is 3.48. The fraction of sp³-hybridized carbons (Fsp3) is 0.500. The number of aryl methyl sites for hydroxylation is 1. The van der Waals surface area contributed by atoms with E-state index in [1.54, 1.807) is 6.07 Å². The van der Waals surface area contributed by atoms with Gasteiger partial charge in [-0.25, -0.2) is 9.18 Å². The van der Waals surface area contributed by atoms with Crippen molar-refractivity contribution in [1.82, 2.24) is 10.6 Å². The molecule has 1 aliphatic carbocycles. The van der Waals surface area contributed by atoms with Crippen molar-refractivity contribution in [2.45, 2.75) is 45.3 Å². The van der Waals surface area contributed by atoms with Crippen LogP contribution < -0.4 is 10.6 Å². The third-order valence-electron chi connectivity index (χ3n) is 3.59. The van der Waals surface area contributed by atoms with Crippen molar-refractivity contribution in [3.05, 3.63) is 47.3 Å². The molecule has 1 amide bonds. The number of benzene rings is 1. The van der Waals surface area contributed by atoms with Crippen LogP contribution in [0.2, 0.25) is 0 Å². The molecule has 0 aliphatic heterocycles. The molecule has 1 aromatic rings. The van der Waals surface area contributed by atoms with E-state index in [2.05, 4.69) is 10.6 Å². The molecule has 0 spiro atoms. The quantitative estimate of drug-likeness (QED) is 0.817. The lowest BCUT2D eigenvalue weighted by atomic mass is 10.1. The summed E-state index contributed by atoms with van der Waals surface area (Å²) in [4.78, 5) is 11.5. The highest BCUT2D eigenvalue weighted by Gasteiger charge is 2.21. The summed E-state index contributed by atoms with van der Waals surface area (Å²) < 4.78 is 18.3. The van der Waals surface area contributed by atoms with Gasteiger partial charge in [0.2, 0.25) is 0 Å². The summed E-state index contributed by atoms with van der Waals surface area (Å²) in [5.74, 6) is -0.169. The highest BCUT2D eigenvalue weighted by molar-refractivity contribution is 5.67. The maximum atomic E-state index is 13.2. The molecule has 126 valence electrons. The second-order valence-electron chi connectivity index (χ2n) is 6.70. The molecule has 4 nitrogen and oxygen atoms in total. The first-order chi connectivity index (χ1) is 10.8. The Morgan fingerprint density at radius 1 is 1.35 bits per heavy atom. The Hall–Kier alpha value is -1.88. The molecule has 2 N–H and O–H groups in total. The lowest BCUT2D eigenvalue weighted by molar-refractivity contribution is 0.0534. The van der Waals surface area contributed by atoms with Gasteiger partial charge < -0.3 is 15.4 Å². The van der Waals surface area contributed by atoms with E-state index in [1.807, 2.05) is 39.0 Å². The number of alkyl carbamates (subject to hydrolysis) is 1. The van der Waals surface area contributed by atoms with E-state index >= 15 is 0 Å². The molecule has 0 heterocycles. The van der Waals surface area contributed by atoms with Crippen LogP contribution in [-0.2, 0) is 11.2 Å². The lowest BCUT2D eigenvalue weighted by Crippen LogP contribution is -2.32. The van der Waals surface area contributed by atoms with Crippen molar-refractivity contribution < 1.29 is 13.9 Å². The van der Waals surface area contributed by atoms with E-state index in [9.17, 15) is 9.18 Å².